The summed E-state index contributed by atoms with van der Waals surface area (Å²) in [6.45, 7) is 0.146. The van der Waals surface area contributed by atoms with Crippen LogP contribution >= 0.6 is 22.9 Å². The molecule has 0 amide bonds. The van der Waals surface area contributed by atoms with Gasteiger partial charge in [0.05, 0.1) is 21.8 Å². The average molecular weight is 339 g/mol. The highest BCUT2D eigenvalue weighted by Gasteiger charge is 2.17. The molecule has 0 saturated heterocycles. The first kappa shape index (κ1) is 14.5. The van der Waals surface area contributed by atoms with E-state index in [0.29, 0.717) is 5.01 Å². The van der Waals surface area contributed by atoms with Crippen LogP contribution < -0.4 is 4.72 Å². The lowest BCUT2D eigenvalue weighted by Crippen LogP contribution is -2.23. The first-order chi connectivity index (χ1) is 10.1. The molecule has 0 aliphatic heterocycles. The van der Waals surface area contributed by atoms with Crippen LogP contribution in [0.1, 0.15) is 5.01 Å². The number of rotatable bonds is 4. The number of nitrogens with zero attached hydrogens (tertiary/aromatic N) is 1. The Labute approximate surface area is 131 Å². The molecule has 108 valence electrons. The second kappa shape index (κ2) is 5.73. The number of sulfonamides is 1. The zero-order valence-electron chi connectivity index (χ0n) is 10.8. The number of nitrogens with one attached hydrogen (secondary N) is 1. The summed E-state index contributed by atoms with van der Waals surface area (Å²) < 4.78 is 28.0. The van der Waals surface area contributed by atoms with Gasteiger partial charge in [0.2, 0.25) is 10.0 Å². The van der Waals surface area contributed by atoms with E-state index in [0.717, 1.165) is 10.2 Å². The van der Waals surface area contributed by atoms with Crippen LogP contribution in [0.4, 0.5) is 0 Å². The highest BCUT2D eigenvalue weighted by atomic mass is 35.5. The van der Waals surface area contributed by atoms with Crippen molar-refractivity contribution in [1.82, 2.24) is 9.71 Å². The molecule has 4 nitrogen and oxygen atoms in total. The van der Waals surface area contributed by atoms with Crippen LogP contribution in [0, 0.1) is 0 Å². The van der Waals surface area contributed by atoms with E-state index in [4.69, 9.17) is 11.6 Å². The predicted molar refractivity (Wildman–Crippen MR) is 85.1 cm³/mol. The molecule has 3 aromatic rings. The maximum absolute atomic E-state index is 12.2. The van der Waals surface area contributed by atoms with Gasteiger partial charge in [0.1, 0.15) is 9.90 Å². The molecule has 0 atom stereocenters. The van der Waals surface area contributed by atoms with Crippen LogP contribution in [-0.2, 0) is 16.6 Å². The van der Waals surface area contributed by atoms with Crippen LogP contribution in [0.3, 0.4) is 0 Å². The second-order valence-corrected chi connectivity index (χ2v) is 7.59. The number of aromatic nitrogens is 1. The molecule has 1 N–H and O–H groups in total. The highest BCUT2D eigenvalue weighted by Crippen LogP contribution is 2.23. The summed E-state index contributed by atoms with van der Waals surface area (Å²) in [7, 11) is -3.64. The van der Waals surface area contributed by atoms with E-state index in [-0.39, 0.29) is 16.5 Å². The van der Waals surface area contributed by atoms with Crippen LogP contribution in [0.5, 0.6) is 0 Å². The van der Waals surface area contributed by atoms with Crippen molar-refractivity contribution in [3.05, 3.63) is 58.6 Å². The normalized spacial score (nSPS) is 11.9. The maximum Gasteiger partial charge on any atom is 0.242 e. The molecular formula is C14H11ClN2O2S2. The molecule has 2 aromatic carbocycles. The summed E-state index contributed by atoms with van der Waals surface area (Å²) in [6, 6.07) is 14.0. The third kappa shape index (κ3) is 3.08. The third-order valence-electron chi connectivity index (χ3n) is 2.88. The van der Waals surface area contributed by atoms with Crippen molar-refractivity contribution >= 4 is 43.2 Å². The van der Waals surface area contributed by atoms with E-state index in [9.17, 15) is 8.42 Å². The lowest BCUT2D eigenvalue weighted by molar-refractivity contribution is 0.581. The molecule has 1 aromatic heterocycles. The van der Waals surface area contributed by atoms with Crippen molar-refractivity contribution in [1.29, 1.82) is 0 Å². The van der Waals surface area contributed by atoms with Crippen molar-refractivity contribution < 1.29 is 8.42 Å². The minimum absolute atomic E-state index is 0.0766. The fourth-order valence-corrected chi connectivity index (χ4v) is 4.40. The van der Waals surface area contributed by atoms with E-state index in [1.165, 1.54) is 17.4 Å². The molecule has 0 fully saturated rings. The molecule has 0 aliphatic carbocycles. The van der Waals surface area contributed by atoms with E-state index >= 15 is 0 Å². The Hall–Kier alpha value is -1.47. The summed E-state index contributed by atoms with van der Waals surface area (Å²) in [5.74, 6) is 0. The molecule has 7 heteroatoms. The molecule has 0 saturated carbocycles. The predicted octanol–water partition coefficient (Wildman–Crippen LogP) is 3.43. The largest absolute Gasteiger partial charge is 0.242 e. The van der Waals surface area contributed by atoms with Gasteiger partial charge in [-0.2, -0.15) is 0 Å². The van der Waals surface area contributed by atoms with E-state index in [1.54, 1.807) is 18.2 Å². The lowest BCUT2D eigenvalue weighted by atomic mass is 10.3. The van der Waals surface area contributed by atoms with Gasteiger partial charge in [-0.3, -0.25) is 0 Å². The van der Waals surface area contributed by atoms with Gasteiger partial charge in [-0.15, -0.1) is 11.3 Å². The molecule has 3 rings (SSSR count). The molecular weight excluding hydrogens is 328 g/mol. The van der Waals surface area contributed by atoms with Crippen LogP contribution in [0.25, 0.3) is 10.2 Å². The summed E-state index contributed by atoms with van der Waals surface area (Å²) in [4.78, 5) is 4.47. The Morgan fingerprint density at radius 1 is 1.10 bits per heavy atom. The standard InChI is InChI=1S/C14H11ClN2O2S2/c15-10-5-1-4-8-13(10)21(18,19)16-9-14-17-11-6-2-3-7-12(11)20-14/h1-8,16H,9H2. The molecule has 0 bridgehead atoms. The first-order valence-electron chi connectivity index (χ1n) is 6.15. The van der Waals surface area contributed by atoms with E-state index < -0.39 is 10.0 Å². The minimum Gasteiger partial charge on any atom is -0.240 e. The number of thiazole rings is 1. The van der Waals surface area contributed by atoms with Crippen molar-refractivity contribution in [3.8, 4) is 0 Å². The summed E-state index contributed by atoms with van der Waals surface area (Å²) in [6.07, 6.45) is 0. The van der Waals surface area contributed by atoms with Crippen LogP contribution in [-0.4, -0.2) is 13.4 Å². The Kier molecular flexibility index (Phi) is 3.95. The van der Waals surface area contributed by atoms with Gasteiger partial charge in [-0.1, -0.05) is 35.9 Å². The monoisotopic (exact) mass is 338 g/mol. The first-order valence-corrected chi connectivity index (χ1v) is 8.83. The fourth-order valence-electron chi connectivity index (χ4n) is 1.89. The number of fused-ring (bicyclic) bond motifs is 1. The number of para-hydroxylation sites is 1. The molecule has 0 spiro atoms. The zero-order chi connectivity index (χ0) is 14.9. The van der Waals surface area contributed by atoms with Crippen molar-refractivity contribution in [2.45, 2.75) is 11.4 Å². The SMILES string of the molecule is O=S(=O)(NCc1nc2ccccc2s1)c1ccccc1Cl. The maximum atomic E-state index is 12.2. The van der Waals surface area contributed by atoms with E-state index in [1.807, 2.05) is 24.3 Å². The smallest absolute Gasteiger partial charge is 0.240 e. The van der Waals surface area contributed by atoms with Crippen LogP contribution in [0.2, 0.25) is 5.02 Å². The summed E-state index contributed by atoms with van der Waals surface area (Å²) in [5.41, 5.74) is 0.870. The molecule has 0 radical (unpaired) electrons. The van der Waals surface area contributed by atoms with Gasteiger partial charge in [0.15, 0.2) is 0 Å². The lowest BCUT2D eigenvalue weighted by Gasteiger charge is -2.06. The Morgan fingerprint density at radius 3 is 2.57 bits per heavy atom. The number of benzene rings is 2. The fraction of sp³-hybridized carbons (Fsp3) is 0.0714. The van der Waals surface area contributed by atoms with Gasteiger partial charge >= 0.3 is 0 Å². The summed E-state index contributed by atoms with van der Waals surface area (Å²) in [5, 5.41) is 0.918. The van der Waals surface area contributed by atoms with Crippen molar-refractivity contribution in [3.63, 3.8) is 0 Å². The number of hydrogen-bond donors (Lipinski definition) is 1. The zero-order valence-corrected chi connectivity index (χ0v) is 13.2. The summed E-state index contributed by atoms with van der Waals surface area (Å²) >= 11 is 7.39. The average Bonchev–Trinajstić information content (AvgIpc) is 2.88. The van der Waals surface area contributed by atoms with E-state index in [2.05, 4.69) is 9.71 Å². The highest BCUT2D eigenvalue weighted by molar-refractivity contribution is 7.89. The van der Waals surface area contributed by atoms with Gasteiger partial charge < -0.3 is 0 Å². The van der Waals surface area contributed by atoms with Crippen molar-refractivity contribution in [2.75, 3.05) is 0 Å². The number of halogens is 1. The van der Waals surface area contributed by atoms with Gasteiger partial charge in [-0.05, 0) is 24.3 Å². The van der Waals surface area contributed by atoms with Gasteiger partial charge in [-0.25, -0.2) is 18.1 Å². The second-order valence-electron chi connectivity index (χ2n) is 4.33. The Bertz CT molecular complexity index is 858. The molecule has 0 unspecified atom stereocenters. The Morgan fingerprint density at radius 2 is 1.81 bits per heavy atom. The number of hydrogen-bond acceptors (Lipinski definition) is 4. The third-order valence-corrected chi connectivity index (χ3v) is 5.82. The molecule has 21 heavy (non-hydrogen) atoms. The minimum atomic E-state index is -3.64. The molecule has 0 aliphatic rings. The van der Waals surface area contributed by atoms with Crippen LogP contribution in [0.15, 0.2) is 53.4 Å². The quantitative estimate of drug-likeness (QED) is 0.792. The Balaban J connectivity index is 1.82. The van der Waals surface area contributed by atoms with Gasteiger partial charge in [0, 0.05) is 0 Å². The topological polar surface area (TPSA) is 59.1 Å². The van der Waals surface area contributed by atoms with Crippen molar-refractivity contribution in [2.24, 2.45) is 0 Å². The molecule has 1 heterocycles. The van der Waals surface area contributed by atoms with Gasteiger partial charge in [0.25, 0.3) is 0 Å².